The van der Waals surface area contributed by atoms with Crippen LogP contribution in [0.15, 0.2) is 72.9 Å². The molecule has 1 amide bonds. The van der Waals surface area contributed by atoms with Crippen LogP contribution in [0.25, 0.3) is 0 Å². The summed E-state index contributed by atoms with van der Waals surface area (Å²) in [6, 6.07) is 0. The quantitative estimate of drug-likeness (QED) is 0.126. The Morgan fingerprint density at radius 1 is 0.743 bits per heavy atom. The molecular formula is C27H46N3O4P. The summed E-state index contributed by atoms with van der Waals surface area (Å²) in [6.45, 7) is 3.95. The second-order valence-corrected chi connectivity index (χ2v) is 9.46. The van der Waals surface area contributed by atoms with Crippen LogP contribution in [0.1, 0.15) is 58.3 Å². The van der Waals surface area contributed by atoms with Crippen molar-refractivity contribution in [3.8, 4) is 0 Å². The first kappa shape index (κ1) is 33.0. The molecule has 0 saturated heterocycles. The molecule has 0 aromatic heterocycles. The summed E-state index contributed by atoms with van der Waals surface area (Å²) in [5.41, 5.74) is 0. The molecule has 0 atom stereocenters. The number of nitrogens with zero attached hydrogens (tertiary/aromatic N) is 1. The van der Waals surface area contributed by atoms with E-state index in [9.17, 15) is 9.36 Å². The highest BCUT2D eigenvalue weighted by Crippen LogP contribution is 2.27. The topological polar surface area (TPSA) is 102 Å². The van der Waals surface area contributed by atoms with Gasteiger partial charge in [-0.2, -0.15) is 0 Å². The number of amides is 1. The lowest BCUT2D eigenvalue weighted by Gasteiger charge is -2.17. The zero-order valence-electron chi connectivity index (χ0n) is 21.5. The van der Waals surface area contributed by atoms with Crippen LogP contribution in [-0.4, -0.2) is 53.8 Å². The van der Waals surface area contributed by atoms with Crippen LogP contribution in [0, 0.1) is 0 Å². The van der Waals surface area contributed by atoms with Crippen LogP contribution in [0.2, 0.25) is 0 Å². The minimum absolute atomic E-state index is 0.00581. The number of nitrogens with one attached hydrogen (secondary N) is 2. The number of likely N-dealkylation sites (N-methyl/N-ethyl adjacent to an activating group) is 1. The Hall–Kier alpha value is -2.02. The largest absolute Gasteiger partial charge is 0.400 e. The number of rotatable bonds is 21. The molecule has 0 aliphatic heterocycles. The van der Waals surface area contributed by atoms with Gasteiger partial charge in [0.25, 0.3) is 0 Å². The zero-order chi connectivity index (χ0) is 26.0. The summed E-state index contributed by atoms with van der Waals surface area (Å²) in [5.74, 6) is 0.00581. The predicted molar refractivity (Wildman–Crippen MR) is 148 cm³/mol. The summed E-state index contributed by atoms with van der Waals surface area (Å²) in [5, 5.41) is 5.00. The Morgan fingerprint density at radius 3 is 1.63 bits per heavy atom. The van der Waals surface area contributed by atoms with Gasteiger partial charge >= 0.3 is 7.75 Å². The van der Waals surface area contributed by atoms with Crippen LogP contribution in [0.5, 0.6) is 0 Å². The minimum atomic E-state index is -4.17. The van der Waals surface area contributed by atoms with Crippen LogP contribution < -0.4 is 10.4 Å². The van der Waals surface area contributed by atoms with Gasteiger partial charge in [-0.1, -0.05) is 79.8 Å². The number of carbonyl (C=O) groups is 1. The Bertz CT molecular complexity index is 752. The molecule has 35 heavy (non-hydrogen) atoms. The van der Waals surface area contributed by atoms with Gasteiger partial charge in [-0.25, -0.2) is 9.65 Å². The maximum absolute atomic E-state index is 11.8. The molecule has 7 nitrogen and oxygen atoms in total. The molecular weight excluding hydrogens is 461 g/mol. The molecule has 0 fully saturated rings. The van der Waals surface area contributed by atoms with E-state index >= 15 is 0 Å². The van der Waals surface area contributed by atoms with E-state index in [1.54, 1.807) is 0 Å². The van der Waals surface area contributed by atoms with E-state index in [4.69, 9.17) is 9.79 Å². The molecule has 0 saturated carbocycles. The third-order valence-electron chi connectivity index (χ3n) is 4.76. The van der Waals surface area contributed by atoms with Crippen molar-refractivity contribution in [3.05, 3.63) is 72.9 Å². The molecule has 0 aromatic carbocycles. The molecule has 0 spiro atoms. The summed E-state index contributed by atoms with van der Waals surface area (Å²) in [6.07, 6.45) is 32.9. The van der Waals surface area contributed by atoms with E-state index < -0.39 is 7.75 Å². The maximum atomic E-state index is 11.8. The van der Waals surface area contributed by atoms with E-state index in [1.807, 2.05) is 18.0 Å². The van der Waals surface area contributed by atoms with E-state index in [1.165, 1.54) is 0 Å². The number of hydrogen-bond donors (Lipinski definition) is 4. The fourth-order valence-corrected chi connectivity index (χ4v) is 3.22. The summed E-state index contributed by atoms with van der Waals surface area (Å²) >= 11 is 0. The molecule has 0 heterocycles. The fourth-order valence-electron chi connectivity index (χ4n) is 2.83. The van der Waals surface area contributed by atoms with Crippen molar-refractivity contribution in [3.63, 3.8) is 0 Å². The standard InChI is InChI=1S/C27H46N3O4P/c1-3-4-5-6-7-8-9-10-11-12-13-14-15-16-17-18-19-20-21-22-27(31)28-23-25-30(2)26-24-29-35(32,33)34/h4-5,7-8,10-11,13-14,16-17,19-20H,3,6,9,12,15,18,21-26H2,1-2H3,(H,28,31)(H3,29,32,33,34). The molecule has 0 bridgehead atoms. The average molecular weight is 508 g/mol. The molecule has 0 aromatic rings. The first-order chi connectivity index (χ1) is 16.8. The highest BCUT2D eigenvalue weighted by atomic mass is 31.2. The third kappa shape index (κ3) is 28.1. The lowest BCUT2D eigenvalue weighted by molar-refractivity contribution is -0.121. The number of hydrogen-bond acceptors (Lipinski definition) is 3. The van der Waals surface area contributed by atoms with Crippen LogP contribution >= 0.6 is 7.75 Å². The van der Waals surface area contributed by atoms with Crippen molar-refractivity contribution in [2.75, 3.05) is 33.2 Å². The Balaban J connectivity index is 3.64. The third-order valence-corrected chi connectivity index (χ3v) is 5.40. The van der Waals surface area contributed by atoms with E-state index in [0.29, 0.717) is 32.5 Å². The van der Waals surface area contributed by atoms with Crippen LogP contribution in [-0.2, 0) is 9.36 Å². The summed E-state index contributed by atoms with van der Waals surface area (Å²) in [7, 11) is -2.33. The second-order valence-electron chi connectivity index (χ2n) is 8.06. The SMILES string of the molecule is CCC=CCC=CCC=CCC=CCC=CCC=CCCC(=O)NCCN(C)CCNP(=O)(O)O. The van der Waals surface area contributed by atoms with E-state index in [2.05, 4.69) is 84.2 Å². The molecule has 198 valence electrons. The molecule has 0 unspecified atom stereocenters. The van der Waals surface area contributed by atoms with Gasteiger partial charge in [0.05, 0.1) is 0 Å². The molecule has 0 radical (unpaired) electrons. The Labute approximate surface area is 212 Å². The zero-order valence-corrected chi connectivity index (χ0v) is 22.4. The van der Waals surface area contributed by atoms with Gasteiger partial charge in [-0.3, -0.25) is 4.79 Å². The van der Waals surface area contributed by atoms with E-state index in [-0.39, 0.29) is 12.5 Å². The maximum Gasteiger partial charge on any atom is 0.400 e. The Kier molecular flexibility index (Phi) is 22.3. The van der Waals surface area contributed by atoms with Crippen molar-refractivity contribution in [1.82, 2.24) is 15.3 Å². The molecule has 4 N–H and O–H groups in total. The summed E-state index contributed by atoms with van der Waals surface area (Å²) < 4.78 is 10.7. The van der Waals surface area contributed by atoms with Gasteiger partial charge in [0.2, 0.25) is 5.91 Å². The average Bonchev–Trinajstić information content (AvgIpc) is 2.79. The van der Waals surface area contributed by atoms with E-state index in [0.717, 1.165) is 38.5 Å². The van der Waals surface area contributed by atoms with Gasteiger partial charge in [0.15, 0.2) is 0 Å². The normalized spacial score (nSPS) is 13.3. The van der Waals surface area contributed by atoms with Gasteiger partial charge in [0, 0.05) is 32.6 Å². The molecule has 0 aliphatic carbocycles. The molecule has 0 aliphatic rings. The lowest BCUT2D eigenvalue weighted by Crippen LogP contribution is -2.35. The van der Waals surface area contributed by atoms with Crippen molar-refractivity contribution in [1.29, 1.82) is 0 Å². The minimum Gasteiger partial charge on any atom is -0.355 e. The fraction of sp³-hybridized carbons (Fsp3) is 0.519. The van der Waals surface area contributed by atoms with Crippen molar-refractivity contribution in [2.45, 2.75) is 58.3 Å². The smallest absolute Gasteiger partial charge is 0.355 e. The van der Waals surface area contributed by atoms with Gasteiger partial charge in [0.1, 0.15) is 0 Å². The summed E-state index contributed by atoms with van der Waals surface area (Å²) in [4.78, 5) is 31.2. The van der Waals surface area contributed by atoms with Crippen molar-refractivity contribution in [2.24, 2.45) is 0 Å². The highest BCUT2D eigenvalue weighted by Gasteiger charge is 2.11. The second kappa shape index (κ2) is 23.7. The van der Waals surface area contributed by atoms with Crippen LogP contribution in [0.4, 0.5) is 0 Å². The number of carbonyl (C=O) groups excluding carboxylic acids is 1. The van der Waals surface area contributed by atoms with Gasteiger partial charge in [-0.15, -0.1) is 0 Å². The Morgan fingerprint density at radius 2 is 1.17 bits per heavy atom. The first-order valence-electron chi connectivity index (χ1n) is 12.5. The van der Waals surface area contributed by atoms with Gasteiger partial charge < -0.3 is 20.0 Å². The first-order valence-corrected chi connectivity index (χ1v) is 14.1. The monoisotopic (exact) mass is 507 g/mol. The number of allylic oxidation sites excluding steroid dienone is 12. The van der Waals surface area contributed by atoms with Crippen LogP contribution in [0.3, 0.4) is 0 Å². The van der Waals surface area contributed by atoms with Crippen molar-refractivity contribution < 1.29 is 19.1 Å². The van der Waals surface area contributed by atoms with Gasteiger partial charge in [-0.05, 0) is 52.0 Å². The lowest BCUT2D eigenvalue weighted by atomic mass is 10.2. The highest BCUT2D eigenvalue weighted by molar-refractivity contribution is 7.49. The predicted octanol–water partition coefficient (Wildman–Crippen LogP) is 5.19. The molecule has 8 heteroatoms. The molecule has 0 rings (SSSR count). The van der Waals surface area contributed by atoms with Crippen molar-refractivity contribution >= 4 is 13.7 Å².